The highest BCUT2D eigenvalue weighted by Gasteiger charge is 2.20. The summed E-state index contributed by atoms with van der Waals surface area (Å²) < 4.78 is 5.25. The number of methoxy groups -OCH3 is 1. The molecular formula is C21H25Cl2N3O2. The van der Waals surface area contributed by atoms with Crippen LogP contribution in [-0.4, -0.2) is 37.7 Å². The molecule has 0 atom stereocenters. The van der Waals surface area contributed by atoms with E-state index in [4.69, 9.17) is 27.9 Å². The van der Waals surface area contributed by atoms with Crippen LogP contribution in [0, 0.1) is 5.92 Å². The first kappa shape index (κ1) is 20.8. The average molecular weight is 422 g/mol. The van der Waals surface area contributed by atoms with E-state index < -0.39 is 0 Å². The van der Waals surface area contributed by atoms with Crippen molar-refractivity contribution in [1.82, 2.24) is 10.2 Å². The van der Waals surface area contributed by atoms with Crippen molar-refractivity contribution in [2.75, 3.05) is 32.1 Å². The van der Waals surface area contributed by atoms with Gasteiger partial charge in [-0.3, -0.25) is 4.90 Å². The molecule has 0 spiro atoms. The Hall–Kier alpha value is -1.95. The molecule has 28 heavy (non-hydrogen) atoms. The van der Waals surface area contributed by atoms with Gasteiger partial charge >= 0.3 is 6.03 Å². The summed E-state index contributed by atoms with van der Waals surface area (Å²) >= 11 is 12.1. The third-order valence-corrected chi connectivity index (χ3v) is 5.43. The van der Waals surface area contributed by atoms with Crippen LogP contribution < -0.4 is 15.4 Å². The number of amides is 2. The van der Waals surface area contributed by atoms with Crippen molar-refractivity contribution in [3.05, 3.63) is 58.1 Å². The van der Waals surface area contributed by atoms with E-state index in [1.807, 2.05) is 18.2 Å². The summed E-state index contributed by atoms with van der Waals surface area (Å²) in [5.41, 5.74) is 1.79. The number of likely N-dealkylation sites (tertiary alicyclic amines) is 1. The summed E-state index contributed by atoms with van der Waals surface area (Å²) in [6.07, 6.45) is 2.11. The van der Waals surface area contributed by atoms with Crippen molar-refractivity contribution >= 4 is 34.9 Å². The fraction of sp³-hybridized carbons (Fsp3) is 0.381. The Balaban J connectivity index is 1.41. The van der Waals surface area contributed by atoms with Crippen LogP contribution >= 0.6 is 23.2 Å². The van der Waals surface area contributed by atoms with Crippen molar-refractivity contribution < 1.29 is 9.53 Å². The van der Waals surface area contributed by atoms with Gasteiger partial charge in [0.05, 0.1) is 12.8 Å². The van der Waals surface area contributed by atoms with Crippen molar-refractivity contribution in [2.24, 2.45) is 5.92 Å². The molecule has 0 unspecified atom stereocenters. The van der Waals surface area contributed by atoms with Crippen molar-refractivity contribution in [2.45, 2.75) is 19.4 Å². The second-order valence-corrected chi connectivity index (χ2v) is 7.90. The maximum atomic E-state index is 12.2. The van der Waals surface area contributed by atoms with Crippen LogP contribution in [0.3, 0.4) is 0 Å². The smallest absolute Gasteiger partial charge is 0.319 e. The number of rotatable bonds is 6. The number of nitrogens with one attached hydrogen (secondary N) is 2. The van der Waals surface area contributed by atoms with Gasteiger partial charge < -0.3 is 15.4 Å². The van der Waals surface area contributed by atoms with Gasteiger partial charge in [-0.15, -0.1) is 0 Å². The zero-order chi connectivity index (χ0) is 19.9. The molecule has 1 saturated heterocycles. The van der Waals surface area contributed by atoms with Gasteiger partial charge in [0.1, 0.15) is 5.75 Å². The predicted octanol–water partition coefficient (Wildman–Crippen LogP) is 5.04. The highest BCUT2D eigenvalue weighted by Crippen LogP contribution is 2.27. The lowest BCUT2D eigenvalue weighted by molar-refractivity contribution is 0.175. The molecule has 0 aliphatic carbocycles. The van der Waals surface area contributed by atoms with E-state index >= 15 is 0 Å². The molecule has 1 heterocycles. The number of nitrogens with zero attached hydrogens (tertiary/aromatic N) is 1. The van der Waals surface area contributed by atoms with Gasteiger partial charge in [-0.2, -0.15) is 0 Å². The van der Waals surface area contributed by atoms with Gasteiger partial charge in [-0.25, -0.2) is 4.79 Å². The first-order valence-corrected chi connectivity index (χ1v) is 10.1. The molecule has 2 aromatic rings. The highest BCUT2D eigenvalue weighted by atomic mass is 35.5. The van der Waals surface area contributed by atoms with Crippen molar-refractivity contribution in [1.29, 1.82) is 0 Å². The van der Waals surface area contributed by atoms with Gasteiger partial charge in [-0.1, -0.05) is 35.3 Å². The molecule has 0 saturated carbocycles. The number of ether oxygens (including phenoxy) is 1. The fourth-order valence-corrected chi connectivity index (χ4v) is 3.81. The Bertz CT molecular complexity index is 808. The Kier molecular flexibility index (Phi) is 7.43. The standard InChI is InChI=1S/C21H25Cl2N3O2/c1-28-20-6-5-18(23)12-19(20)25-21(27)24-13-15-7-9-26(10-8-15)14-16-3-2-4-17(22)11-16/h2-6,11-12,15H,7-10,13-14H2,1H3,(H2,24,25,27). The molecule has 3 rings (SSSR count). The quantitative estimate of drug-likeness (QED) is 0.686. The summed E-state index contributed by atoms with van der Waals surface area (Å²) in [4.78, 5) is 14.7. The highest BCUT2D eigenvalue weighted by molar-refractivity contribution is 6.31. The molecule has 5 nitrogen and oxygen atoms in total. The number of carbonyl (C=O) groups excluding carboxylic acids is 1. The normalized spacial score (nSPS) is 15.2. The monoisotopic (exact) mass is 421 g/mol. The van der Waals surface area contributed by atoms with Crippen LogP contribution in [0.4, 0.5) is 10.5 Å². The van der Waals surface area contributed by atoms with Crippen LogP contribution in [0.1, 0.15) is 18.4 Å². The van der Waals surface area contributed by atoms with Crippen molar-refractivity contribution in [3.8, 4) is 5.75 Å². The number of anilines is 1. The average Bonchev–Trinajstić information content (AvgIpc) is 2.68. The predicted molar refractivity (Wildman–Crippen MR) is 114 cm³/mol. The molecule has 2 N–H and O–H groups in total. The summed E-state index contributed by atoms with van der Waals surface area (Å²) in [7, 11) is 1.56. The number of hydrogen-bond donors (Lipinski definition) is 2. The van der Waals surface area contributed by atoms with E-state index in [1.165, 1.54) is 5.56 Å². The maximum absolute atomic E-state index is 12.2. The van der Waals surface area contributed by atoms with Crippen LogP contribution in [0.5, 0.6) is 5.75 Å². The molecular weight excluding hydrogens is 397 g/mol. The summed E-state index contributed by atoms with van der Waals surface area (Å²) in [6, 6.07) is 12.9. The number of hydrogen-bond acceptors (Lipinski definition) is 3. The van der Waals surface area contributed by atoms with Crippen LogP contribution in [0.25, 0.3) is 0 Å². The minimum atomic E-state index is -0.248. The number of piperidine rings is 1. The van der Waals surface area contributed by atoms with Gasteiger partial charge in [0.15, 0.2) is 0 Å². The van der Waals surface area contributed by atoms with Gasteiger partial charge in [-0.05, 0) is 67.7 Å². The fourth-order valence-electron chi connectivity index (χ4n) is 3.42. The summed E-state index contributed by atoms with van der Waals surface area (Å²) in [5, 5.41) is 7.09. The van der Waals surface area contributed by atoms with E-state index in [1.54, 1.807) is 25.3 Å². The lowest BCUT2D eigenvalue weighted by Crippen LogP contribution is -2.39. The molecule has 0 aromatic heterocycles. The van der Waals surface area contributed by atoms with Crippen LogP contribution in [0.2, 0.25) is 10.0 Å². The molecule has 2 amide bonds. The van der Waals surface area contributed by atoms with E-state index in [0.717, 1.165) is 37.5 Å². The molecule has 2 aromatic carbocycles. The van der Waals surface area contributed by atoms with Gasteiger partial charge in [0.25, 0.3) is 0 Å². The Morgan fingerprint density at radius 2 is 1.89 bits per heavy atom. The van der Waals surface area contributed by atoms with E-state index in [9.17, 15) is 4.79 Å². The minimum absolute atomic E-state index is 0.248. The second kappa shape index (κ2) is 10.0. The SMILES string of the molecule is COc1ccc(Cl)cc1NC(=O)NCC1CCN(Cc2cccc(Cl)c2)CC1. The molecule has 1 aliphatic rings. The third kappa shape index (κ3) is 6.03. The summed E-state index contributed by atoms with van der Waals surface area (Å²) in [5.74, 6) is 1.05. The van der Waals surface area contributed by atoms with Gasteiger partial charge in [0.2, 0.25) is 0 Å². The lowest BCUT2D eigenvalue weighted by atomic mass is 9.96. The van der Waals surface area contributed by atoms with Crippen LogP contribution in [0.15, 0.2) is 42.5 Å². The number of carbonyl (C=O) groups is 1. The van der Waals surface area contributed by atoms with E-state index in [2.05, 4.69) is 21.6 Å². The molecule has 150 valence electrons. The topological polar surface area (TPSA) is 53.6 Å². The van der Waals surface area contributed by atoms with E-state index in [-0.39, 0.29) is 6.03 Å². The molecule has 1 fully saturated rings. The molecule has 0 radical (unpaired) electrons. The lowest BCUT2D eigenvalue weighted by Gasteiger charge is -2.32. The molecule has 7 heteroatoms. The Morgan fingerprint density at radius 3 is 2.61 bits per heavy atom. The Labute approximate surface area is 176 Å². The number of halogens is 2. The summed E-state index contributed by atoms with van der Waals surface area (Å²) in [6.45, 7) is 3.60. The van der Waals surface area contributed by atoms with Crippen molar-refractivity contribution in [3.63, 3.8) is 0 Å². The number of benzene rings is 2. The largest absolute Gasteiger partial charge is 0.495 e. The van der Waals surface area contributed by atoms with E-state index in [0.29, 0.717) is 28.9 Å². The molecule has 0 bridgehead atoms. The van der Waals surface area contributed by atoms with Crippen LogP contribution in [-0.2, 0) is 6.54 Å². The zero-order valence-electron chi connectivity index (χ0n) is 15.9. The maximum Gasteiger partial charge on any atom is 0.319 e. The number of urea groups is 1. The Morgan fingerprint density at radius 1 is 1.14 bits per heavy atom. The zero-order valence-corrected chi connectivity index (χ0v) is 17.4. The third-order valence-electron chi connectivity index (χ3n) is 4.96. The van der Waals surface area contributed by atoms with Gasteiger partial charge in [0, 0.05) is 23.1 Å². The minimum Gasteiger partial charge on any atom is -0.495 e. The molecule has 1 aliphatic heterocycles. The second-order valence-electron chi connectivity index (χ2n) is 7.03. The first-order chi connectivity index (χ1) is 13.5. The first-order valence-electron chi connectivity index (χ1n) is 9.38.